The Morgan fingerprint density at radius 3 is 0.875 bits per heavy atom. The molecule has 0 radical (unpaired) electrons. The van der Waals surface area contributed by atoms with Crippen LogP contribution < -0.4 is 15.6 Å². The zero-order valence-electron chi connectivity index (χ0n) is 36.3. The van der Waals surface area contributed by atoms with Gasteiger partial charge >= 0.3 is 36.4 Å². The first-order chi connectivity index (χ1) is 30.4. The summed E-state index contributed by atoms with van der Waals surface area (Å²) in [5, 5.41) is 2.78. The summed E-state index contributed by atoms with van der Waals surface area (Å²) in [4.78, 5) is 104. The summed E-state index contributed by atoms with van der Waals surface area (Å²) in [5.74, 6) is -3.04. The molecule has 3 aromatic rings. The van der Waals surface area contributed by atoms with E-state index in [1.54, 1.807) is 43.3 Å². The predicted molar refractivity (Wildman–Crippen MR) is 245 cm³/mol. The highest BCUT2D eigenvalue weighted by atomic mass is 28.3. The Kier molecular flexibility index (Phi) is 18.8. The molecule has 0 N–H and O–H groups in total. The van der Waals surface area contributed by atoms with Crippen molar-refractivity contribution >= 4 is 76.2 Å². The van der Waals surface area contributed by atoms with Gasteiger partial charge in [-0.2, -0.15) is 14.4 Å². The monoisotopic (exact) mass is 928 g/mol. The van der Waals surface area contributed by atoms with Gasteiger partial charge in [-0.05, 0) is 42.8 Å². The highest BCUT2D eigenvalue weighted by molar-refractivity contribution is 6.99. The Morgan fingerprint density at radius 1 is 0.438 bits per heavy atom. The second-order valence-electron chi connectivity index (χ2n) is 15.0. The van der Waals surface area contributed by atoms with Gasteiger partial charge in [0.25, 0.3) is 0 Å². The maximum absolute atomic E-state index is 12.7. The fourth-order valence-electron chi connectivity index (χ4n) is 5.79. The van der Waals surface area contributed by atoms with E-state index in [1.165, 1.54) is 36.4 Å². The third-order valence-corrected chi connectivity index (χ3v) is 20.4. The number of hydrogen-bond acceptors (Lipinski definition) is 15. The van der Waals surface area contributed by atoms with Crippen molar-refractivity contribution in [1.29, 1.82) is 0 Å². The first kappa shape index (κ1) is 51.3. The maximum Gasteiger partial charge on any atom is 0.549 e. The summed E-state index contributed by atoms with van der Waals surface area (Å²) in [6, 6.07) is 19.2. The van der Waals surface area contributed by atoms with Crippen LogP contribution in [-0.4, -0.2) is 80.4 Å². The molecular formula is C46H52O15Si3. The molecule has 0 aliphatic heterocycles. The summed E-state index contributed by atoms with van der Waals surface area (Å²) in [6.07, 6.45) is -4.08. The lowest BCUT2D eigenvalue weighted by molar-refractivity contribution is -0.217. The van der Waals surface area contributed by atoms with E-state index >= 15 is 0 Å². The third kappa shape index (κ3) is 13.7. The van der Waals surface area contributed by atoms with Crippen molar-refractivity contribution in [3.05, 3.63) is 163 Å². The second-order valence-corrected chi connectivity index (χ2v) is 26.9. The van der Waals surface area contributed by atoms with Gasteiger partial charge in [-0.3, -0.25) is 0 Å². The van der Waals surface area contributed by atoms with E-state index in [4.69, 9.17) is 14.2 Å². The molecule has 0 unspecified atom stereocenters. The van der Waals surface area contributed by atoms with Crippen molar-refractivity contribution in [1.82, 2.24) is 0 Å². The van der Waals surface area contributed by atoms with Crippen molar-refractivity contribution < 1.29 is 72.3 Å². The summed E-state index contributed by atoms with van der Waals surface area (Å²) < 4.78 is 15.6. The minimum atomic E-state index is -2.16. The van der Waals surface area contributed by atoms with Crippen LogP contribution in [0.25, 0.3) is 0 Å². The van der Waals surface area contributed by atoms with Crippen LogP contribution in [0, 0.1) is 5.41 Å². The zero-order chi connectivity index (χ0) is 47.6. The van der Waals surface area contributed by atoms with Crippen LogP contribution >= 0.6 is 0 Å². The van der Waals surface area contributed by atoms with Gasteiger partial charge in [-0.15, -0.1) is 39.5 Å². The minimum Gasteiger partial charge on any atom is -0.431 e. The molecule has 0 heterocycles. The molecule has 15 nitrogen and oxygen atoms in total. The number of carbonyl (C=O) groups is 6. The molecule has 18 heteroatoms. The fraction of sp³-hybridized carbons (Fsp3) is 0.217. The van der Waals surface area contributed by atoms with Crippen LogP contribution in [0.15, 0.2) is 146 Å². The van der Waals surface area contributed by atoms with E-state index in [9.17, 15) is 28.8 Å². The highest BCUT2D eigenvalue weighted by Crippen LogP contribution is 2.27. The van der Waals surface area contributed by atoms with Gasteiger partial charge in [-0.1, -0.05) is 119 Å². The van der Waals surface area contributed by atoms with Crippen LogP contribution in [0.5, 0.6) is 0 Å². The largest absolute Gasteiger partial charge is 0.549 e. The molecule has 0 saturated heterocycles. The number of carbonyl (C=O) groups excluding carboxylic acids is 6. The van der Waals surface area contributed by atoms with Gasteiger partial charge < -0.3 is 14.2 Å². The number of benzene rings is 3. The molecule has 338 valence electrons. The van der Waals surface area contributed by atoms with Crippen LogP contribution in [0.3, 0.4) is 0 Å². The third-order valence-electron chi connectivity index (χ3n) is 10.6. The molecular weight excluding hydrogens is 877 g/mol. The Labute approximate surface area is 375 Å². The smallest absolute Gasteiger partial charge is 0.431 e. The molecule has 0 atom stereocenters. The van der Waals surface area contributed by atoms with Crippen molar-refractivity contribution in [2.75, 3.05) is 19.8 Å². The van der Waals surface area contributed by atoms with Gasteiger partial charge in [0.05, 0.1) is 22.1 Å². The Balaban J connectivity index is 1.69. The van der Waals surface area contributed by atoms with Gasteiger partial charge in [0, 0.05) is 0 Å². The van der Waals surface area contributed by atoms with Gasteiger partial charge in [0.15, 0.2) is 0 Å². The average molecular weight is 929 g/mol. The fourth-order valence-corrected chi connectivity index (χ4v) is 10.4. The Morgan fingerprint density at radius 2 is 0.672 bits per heavy atom. The SMILES string of the molecule is C=C[Si](C)(C=C)c1ccc(C(=O)OOC(=O)OCC(CCC)(COC(=O)OOC(=O)c2ccc([Si](C)(C=C)C=C)cc2)COC(=O)OOC(=O)c2ccc([Si](C)(C=C)C=C)cc2)cc1. The molecule has 3 aromatic carbocycles. The second kappa shape index (κ2) is 23.4. The Hall–Kier alpha value is -7.03. The van der Waals surface area contributed by atoms with Gasteiger partial charge in [0.1, 0.15) is 44.0 Å². The van der Waals surface area contributed by atoms with Crippen LogP contribution in [0.4, 0.5) is 14.4 Å². The van der Waals surface area contributed by atoms with Gasteiger partial charge in [-0.25, -0.2) is 43.7 Å². The van der Waals surface area contributed by atoms with Crippen molar-refractivity contribution in [2.45, 2.75) is 39.4 Å². The molecule has 0 spiro atoms. The normalized spacial score (nSPS) is 11.2. The first-order valence-corrected chi connectivity index (χ1v) is 27.7. The van der Waals surface area contributed by atoms with Crippen molar-refractivity contribution in [2.24, 2.45) is 5.41 Å². The van der Waals surface area contributed by atoms with E-state index in [0.717, 1.165) is 15.6 Å². The summed E-state index contributed by atoms with van der Waals surface area (Å²) >= 11 is 0. The van der Waals surface area contributed by atoms with Gasteiger partial charge in [0.2, 0.25) is 0 Å². The lowest BCUT2D eigenvalue weighted by atomic mass is 9.86. The van der Waals surface area contributed by atoms with E-state index in [-0.39, 0.29) is 23.1 Å². The highest BCUT2D eigenvalue weighted by Gasteiger charge is 2.37. The zero-order valence-corrected chi connectivity index (χ0v) is 39.3. The lowest BCUT2D eigenvalue weighted by Gasteiger charge is -2.30. The molecule has 0 saturated carbocycles. The first-order valence-electron chi connectivity index (χ1n) is 19.7. The number of hydrogen-bond donors (Lipinski definition) is 0. The van der Waals surface area contributed by atoms with E-state index in [2.05, 4.69) is 68.8 Å². The molecule has 64 heavy (non-hydrogen) atoms. The van der Waals surface area contributed by atoms with Crippen LogP contribution in [0.1, 0.15) is 50.8 Å². The van der Waals surface area contributed by atoms with E-state index < -0.39 is 85.8 Å². The molecule has 0 aliphatic rings. The molecule has 0 aromatic heterocycles. The maximum atomic E-state index is 12.7. The van der Waals surface area contributed by atoms with Crippen molar-refractivity contribution in [3.8, 4) is 0 Å². The average Bonchev–Trinajstić information content (AvgIpc) is 3.33. The van der Waals surface area contributed by atoms with Crippen molar-refractivity contribution in [3.63, 3.8) is 0 Å². The van der Waals surface area contributed by atoms with Crippen LogP contribution in [0.2, 0.25) is 19.6 Å². The number of ether oxygens (including phenoxy) is 3. The molecule has 3 rings (SSSR count). The molecule has 0 aliphatic carbocycles. The Bertz CT molecular complexity index is 1950. The standard InChI is InChI=1S/C46H52O15Si3/c1-11-30-46(31-53-43(50)59-56-40(47)34-18-24-37(25-19-34)62(8,12-2)13-3,32-54-44(51)60-57-41(48)35-20-26-38(27-21-35)63(9,14-4)15-5)33-55-45(52)61-58-42(49)36-22-28-39(29-23-36)64(10,16-6)17-7/h12-29H,2-7,11,30-33H2,1,8-10H3. The molecule has 0 amide bonds. The van der Waals surface area contributed by atoms with E-state index in [1.807, 2.05) is 53.8 Å². The van der Waals surface area contributed by atoms with Crippen LogP contribution in [-0.2, 0) is 43.5 Å². The minimum absolute atomic E-state index is 0.0399. The topological polar surface area (TPSA) is 185 Å². The summed E-state index contributed by atoms with van der Waals surface area (Å²) in [6.45, 7) is 29.0. The lowest BCUT2D eigenvalue weighted by Crippen LogP contribution is -2.41. The summed E-state index contributed by atoms with van der Waals surface area (Å²) in [5.41, 5.74) is 9.59. The van der Waals surface area contributed by atoms with E-state index in [0.29, 0.717) is 6.42 Å². The summed E-state index contributed by atoms with van der Waals surface area (Å²) in [7, 11) is -6.48. The quantitative estimate of drug-likeness (QED) is 0.0352. The molecule has 0 bridgehead atoms. The number of rotatable bonds is 20. The predicted octanol–water partition coefficient (Wildman–Crippen LogP) is 7.76. The molecule has 0 fully saturated rings.